The third-order valence-electron chi connectivity index (χ3n) is 3.48. The summed E-state index contributed by atoms with van der Waals surface area (Å²) >= 11 is 5.31. The quantitative estimate of drug-likeness (QED) is 0.695. The van der Waals surface area contributed by atoms with Crippen molar-refractivity contribution in [3.63, 3.8) is 0 Å². The van der Waals surface area contributed by atoms with Gasteiger partial charge in [-0.1, -0.05) is 40.2 Å². The van der Waals surface area contributed by atoms with Crippen LogP contribution in [0.25, 0.3) is 10.2 Å². The maximum absolute atomic E-state index is 4.67. The molecule has 1 aromatic heterocycles. The van der Waals surface area contributed by atoms with Gasteiger partial charge in [-0.05, 0) is 36.8 Å². The van der Waals surface area contributed by atoms with Gasteiger partial charge in [-0.2, -0.15) is 0 Å². The first kappa shape index (κ1) is 14.7. The Morgan fingerprint density at radius 1 is 1.19 bits per heavy atom. The molecule has 108 valence electrons. The Morgan fingerprint density at radius 2 is 2.05 bits per heavy atom. The van der Waals surface area contributed by atoms with Gasteiger partial charge in [0.15, 0.2) is 0 Å². The lowest BCUT2D eigenvalue weighted by Gasteiger charge is -2.13. The fourth-order valence-electron chi connectivity index (χ4n) is 2.32. The zero-order valence-corrected chi connectivity index (χ0v) is 14.2. The molecule has 0 saturated carbocycles. The van der Waals surface area contributed by atoms with Crippen LogP contribution in [0.4, 0.5) is 0 Å². The van der Waals surface area contributed by atoms with E-state index in [1.165, 1.54) is 15.3 Å². The van der Waals surface area contributed by atoms with Crippen LogP contribution in [0, 0.1) is 0 Å². The molecule has 0 aliphatic rings. The van der Waals surface area contributed by atoms with Crippen molar-refractivity contribution in [3.05, 3.63) is 63.6 Å². The summed E-state index contributed by atoms with van der Waals surface area (Å²) in [6, 6.07) is 17.1. The number of para-hydroxylation sites is 1. The van der Waals surface area contributed by atoms with Crippen molar-refractivity contribution in [2.45, 2.75) is 19.4 Å². The third-order valence-corrected chi connectivity index (χ3v) is 5.07. The van der Waals surface area contributed by atoms with Crippen LogP contribution in [-0.4, -0.2) is 11.5 Å². The number of benzene rings is 2. The fraction of sp³-hybridized carbons (Fsp3) is 0.235. The van der Waals surface area contributed by atoms with Gasteiger partial charge < -0.3 is 5.32 Å². The first-order valence-corrected chi connectivity index (χ1v) is 8.66. The second-order valence-corrected chi connectivity index (χ2v) is 7.09. The van der Waals surface area contributed by atoms with Crippen LogP contribution in [0.2, 0.25) is 0 Å². The van der Waals surface area contributed by atoms with E-state index in [0.717, 1.165) is 23.0 Å². The number of halogens is 1. The standard InChI is InChI=1S/C17H17BrN2S/c1-12(13-5-4-6-14(18)11-13)19-10-9-17-20-15-7-2-3-8-16(15)21-17/h2-8,11-12,19H,9-10H2,1H3. The Balaban J connectivity index is 1.58. The van der Waals surface area contributed by atoms with Gasteiger partial charge in [0.1, 0.15) is 0 Å². The van der Waals surface area contributed by atoms with Crippen molar-refractivity contribution < 1.29 is 0 Å². The van der Waals surface area contributed by atoms with Crippen molar-refractivity contribution in [2.24, 2.45) is 0 Å². The Morgan fingerprint density at radius 3 is 2.86 bits per heavy atom. The van der Waals surface area contributed by atoms with Crippen molar-refractivity contribution in [2.75, 3.05) is 6.54 Å². The fourth-order valence-corrected chi connectivity index (χ4v) is 3.70. The summed E-state index contributed by atoms with van der Waals surface area (Å²) in [5.74, 6) is 0. The number of rotatable bonds is 5. The molecule has 1 atom stereocenters. The van der Waals surface area contributed by atoms with Gasteiger partial charge in [-0.3, -0.25) is 0 Å². The van der Waals surface area contributed by atoms with Crippen LogP contribution in [0.5, 0.6) is 0 Å². The minimum absolute atomic E-state index is 0.344. The summed E-state index contributed by atoms with van der Waals surface area (Å²) < 4.78 is 2.40. The summed E-state index contributed by atoms with van der Waals surface area (Å²) in [5, 5.41) is 4.76. The monoisotopic (exact) mass is 360 g/mol. The Kier molecular flexibility index (Phi) is 4.68. The van der Waals surface area contributed by atoms with Crippen molar-refractivity contribution >= 4 is 37.5 Å². The highest BCUT2D eigenvalue weighted by atomic mass is 79.9. The lowest BCUT2D eigenvalue weighted by atomic mass is 10.1. The van der Waals surface area contributed by atoms with Gasteiger partial charge in [-0.25, -0.2) is 4.98 Å². The van der Waals surface area contributed by atoms with Gasteiger partial charge in [0.25, 0.3) is 0 Å². The number of hydrogen-bond acceptors (Lipinski definition) is 3. The molecule has 0 fully saturated rings. The van der Waals surface area contributed by atoms with Crippen LogP contribution < -0.4 is 5.32 Å². The van der Waals surface area contributed by atoms with Crippen LogP contribution in [-0.2, 0) is 6.42 Å². The normalized spacial score (nSPS) is 12.7. The minimum Gasteiger partial charge on any atom is -0.310 e. The second-order valence-electron chi connectivity index (χ2n) is 5.06. The molecule has 0 spiro atoms. The molecule has 3 aromatic rings. The maximum Gasteiger partial charge on any atom is 0.0951 e. The molecule has 1 N–H and O–H groups in total. The highest BCUT2D eigenvalue weighted by Gasteiger charge is 2.06. The summed E-state index contributed by atoms with van der Waals surface area (Å²) in [6.45, 7) is 3.13. The topological polar surface area (TPSA) is 24.9 Å². The van der Waals surface area contributed by atoms with Crippen molar-refractivity contribution in [3.8, 4) is 0 Å². The third kappa shape index (κ3) is 3.70. The molecule has 0 saturated heterocycles. The molecule has 1 heterocycles. The molecular formula is C17H17BrN2S. The van der Waals surface area contributed by atoms with E-state index in [0.29, 0.717) is 6.04 Å². The molecule has 3 rings (SSSR count). The van der Waals surface area contributed by atoms with E-state index in [-0.39, 0.29) is 0 Å². The van der Waals surface area contributed by atoms with E-state index in [9.17, 15) is 0 Å². The predicted molar refractivity (Wildman–Crippen MR) is 93.9 cm³/mol. The summed E-state index contributed by atoms with van der Waals surface area (Å²) in [5.41, 5.74) is 2.41. The lowest BCUT2D eigenvalue weighted by Crippen LogP contribution is -2.21. The number of hydrogen-bond donors (Lipinski definition) is 1. The molecule has 0 bridgehead atoms. The Bertz CT molecular complexity index is 705. The molecule has 1 unspecified atom stereocenters. The zero-order valence-electron chi connectivity index (χ0n) is 11.8. The number of aromatic nitrogens is 1. The van der Waals surface area contributed by atoms with E-state index >= 15 is 0 Å². The lowest BCUT2D eigenvalue weighted by molar-refractivity contribution is 0.576. The summed E-state index contributed by atoms with van der Waals surface area (Å²) in [4.78, 5) is 4.67. The first-order valence-electron chi connectivity index (χ1n) is 7.05. The summed E-state index contributed by atoms with van der Waals surface area (Å²) in [7, 11) is 0. The average Bonchev–Trinajstić information content (AvgIpc) is 2.89. The molecule has 0 aliphatic carbocycles. The van der Waals surface area contributed by atoms with Crippen LogP contribution in [0.1, 0.15) is 23.5 Å². The van der Waals surface area contributed by atoms with Gasteiger partial charge in [-0.15, -0.1) is 11.3 Å². The Hall–Kier alpha value is -1.23. The molecule has 0 aliphatic heterocycles. The van der Waals surface area contributed by atoms with E-state index < -0.39 is 0 Å². The van der Waals surface area contributed by atoms with E-state index in [4.69, 9.17) is 0 Å². The van der Waals surface area contributed by atoms with Crippen LogP contribution >= 0.6 is 27.3 Å². The molecule has 2 nitrogen and oxygen atoms in total. The Labute approximate surface area is 137 Å². The van der Waals surface area contributed by atoms with Crippen molar-refractivity contribution in [1.82, 2.24) is 10.3 Å². The second kappa shape index (κ2) is 6.69. The maximum atomic E-state index is 4.67. The largest absolute Gasteiger partial charge is 0.310 e. The van der Waals surface area contributed by atoms with Crippen molar-refractivity contribution in [1.29, 1.82) is 0 Å². The van der Waals surface area contributed by atoms with Gasteiger partial charge in [0, 0.05) is 23.5 Å². The van der Waals surface area contributed by atoms with E-state index in [2.05, 4.69) is 75.6 Å². The number of fused-ring (bicyclic) bond motifs is 1. The SMILES string of the molecule is CC(NCCc1nc2ccccc2s1)c1cccc(Br)c1. The highest BCUT2D eigenvalue weighted by Crippen LogP contribution is 2.22. The number of thiazole rings is 1. The number of nitrogens with one attached hydrogen (secondary N) is 1. The first-order chi connectivity index (χ1) is 10.2. The molecule has 0 radical (unpaired) electrons. The molecular weight excluding hydrogens is 344 g/mol. The molecule has 4 heteroatoms. The average molecular weight is 361 g/mol. The molecule has 21 heavy (non-hydrogen) atoms. The van der Waals surface area contributed by atoms with E-state index in [1.54, 1.807) is 11.3 Å². The zero-order chi connectivity index (χ0) is 14.7. The summed E-state index contributed by atoms with van der Waals surface area (Å²) in [6.07, 6.45) is 0.970. The number of nitrogens with zero attached hydrogens (tertiary/aromatic N) is 1. The van der Waals surface area contributed by atoms with Gasteiger partial charge in [0.2, 0.25) is 0 Å². The minimum atomic E-state index is 0.344. The smallest absolute Gasteiger partial charge is 0.0951 e. The van der Waals surface area contributed by atoms with Gasteiger partial charge >= 0.3 is 0 Å². The molecule has 2 aromatic carbocycles. The van der Waals surface area contributed by atoms with E-state index in [1.807, 2.05) is 6.07 Å². The van der Waals surface area contributed by atoms with Crippen LogP contribution in [0.3, 0.4) is 0 Å². The predicted octanol–water partition coefficient (Wildman–Crippen LogP) is 4.95. The van der Waals surface area contributed by atoms with Gasteiger partial charge in [0.05, 0.1) is 15.2 Å². The molecule has 0 amide bonds. The highest BCUT2D eigenvalue weighted by molar-refractivity contribution is 9.10. The van der Waals surface area contributed by atoms with Crippen LogP contribution in [0.15, 0.2) is 53.0 Å².